The van der Waals surface area contributed by atoms with E-state index in [1.165, 1.54) is 17.4 Å². The van der Waals surface area contributed by atoms with E-state index < -0.39 is 18.0 Å². The van der Waals surface area contributed by atoms with E-state index in [1.807, 2.05) is 0 Å². The molecule has 0 aliphatic rings. The van der Waals surface area contributed by atoms with Crippen LogP contribution in [-0.2, 0) is 11.2 Å². The van der Waals surface area contributed by atoms with Gasteiger partial charge in [-0.1, -0.05) is 0 Å². The molecule has 8 nitrogen and oxygen atoms in total. The van der Waals surface area contributed by atoms with E-state index in [2.05, 4.69) is 20.6 Å². The average molecular weight is 269 g/mol. The van der Waals surface area contributed by atoms with Crippen molar-refractivity contribution in [3.8, 4) is 0 Å². The Labute approximate surface area is 111 Å². The molecule has 4 N–H and O–H groups in total. The van der Waals surface area contributed by atoms with E-state index in [0.717, 1.165) is 0 Å². The predicted octanol–water partition coefficient (Wildman–Crippen LogP) is -0.734. The molecule has 0 radical (unpaired) electrons. The second-order valence-corrected chi connectivity index (χ2v) is 4.15. The predicted molar refractivity (Wildman–Crippen MR) is 68.8 cm³/mol. The number of urea groups is 1. The largest absolute Gasteiger partial charge is 0.480 e. The molecule has 0 saturated heterocycles. The highest BCUT2D eigenvalue weighted by molar-refractivity contribution is 5.82. The van der Waals surface area contributed by atoms with Crippen LogP contribution >= 0.6 is 0 Å². The van der Waals surface area contributed by atoms with Gasteiger partial charge in [0.2, 0.25) is 0 Å². The molecule has 1 rings (SSSR count). The molecule has 8 heteroatoms. The molecule has 0 fully saturated rings. The maximum Gasteiger partial charge on any atom is 0.326 e. The zero-order valence-electron chi connectivity index (χ0n) is 11.0. The number of nitrogens with one attached hydrogen (secondary N) is 3. The minimum Gasteiger partial charge on any atom is -0.480 e. The van der Waals surface area contributed by atoms with Gasteiger partial charge in [0.25, 0.3) is 0 Å². The number of H-pyrrole nitrogens is 1. The first-order chi connectivity index (χ1) is 9.04. The van der Waals surface area contributed by atoms with E-state index >= 15 is 0 Å². The first kappa shape index (κ1) is 15.0. The molecule has 0 saturated carbocycles. The Bertz CT molecular complexity index is 406. The topological polar surface area (TPSA) is 110 Å². The quantitative estimate of drug-likeness (QED) is 0.521. The van der Waals surface area contributed by atoms with Crippen molar-refractivity contribution >= 4 is 12.0 Å². The van der Waals surface area contributed by atoms with Gasteiger partial charge in [-0.2, -0.15) is 0 Å². The summed E-state index contributed by atoms with van der Waals surface area (Å²) in [6.07, 6.45) is 3.17. The summed E-state index contributed by atoms with van der Waals surface area (Å²) in [4.78, 5) is 31.0. The van der Waals surface area contributed by atoms with Crippen LogP contribution in [0, 0.1) is 0 Å². The lowest BCUT2D eigenvalue weighted by Crippen LogP contribution is -2.48. The van der Waals surface area contributed by atoms with Crippen LogP contribution in [0.15, 0.2) is 12.5 Å². The van der Waals surface area contributed by atoms with E-state index in [-0.39, 0.29) is 6.42 Å². The van der Waals surface area contributed by atoms with Crippen LogP contribution in [0.1, 0.15) is 5.69 Å². The van der Waals surface area contributed by atoms with Gasteiger partial charge in [-0.05, 0) is 7.05 Å². The van der Waals surface area contributed by atoms with Crippen LogP contribution in [0.5, 0.6) is 0 Å². The number of hydrogen-bond donors (Lipinski definition) is 4. The van der Waals surface area contributed by atoms with Gasteiger partial charge in [-0.25, -0.2) is 14.6 Å². The lowest BCUT2D eigenvalue weighted by molar-refractivity contribution is -0.139. The number of amides is 2. The molecule has 0 bridgehead atoms. The molecule has 0 aliphatic carbocycles. The maximum atomic E-state index is 11.8. The molecule has 2 amide bonds. The van der Waals surface area contributed by atoms with Gasteiger partial charge in [-0.15, -0.1) is 0 Å². The van der Waals surface area contributed by atoms with Gasteiger partial charge in [0.15, 0.2) is 0 Å². The Kier molecular flexibility index (Phi) is 5.80. The van der Waals surface area contributed by atoms with Gasteiger partial charge in [-0.3, -0.25) is 0 Å². The fraction of sp³-hybridized carbons (Fsp3) is 0.545. The number of carboxylic acid groups (broad SMARTS) is 1. The monoisotopic (exact) mass is 269 g/mol. The summed E-state index contributed by atoms with van der Waals surface area (Å²) < 4.78 is 0. The Balaban J connectivity index is 2.53. The van der Waals surface area contributed by atoms with Gasteiger partial charge in [0.05, 0.1) is 6.33 Å². The Hall–Kier alpha value is -2.09. The zero-order valence-corrected chi connectivity index (χ0v) is 11.0. The van der Waals surface area contributed by atoms with Crippen LogP contribution in [0.4, 0.5) is 4.79 Å². The first-order valence-electron chi connectivity index (χ1n) is 5.91. The number of rotatable bonds is 7. The smallest absolute Gasteiger partial charge is 0.326 e. The lowest BCUT2D eigenvalue weighted by Gasteiger charge is -2.21. The molecule has 1 aromatic rings. The molecule has 0 aliphatic heterocycles. The number of likely N-dealkylation sites (N-methyl/N-ethyl adjacent to an activating group) is 2. The Morgan fingerprint density at radius 2 is 2.32 bits per heavy atom. The van der Waals surface area contributed by atoms with Crippen LogP contribution in [0.2, 0.25) is 0 Å². The number of carboxylic acids is 1. The fourth-order valence-electron chi connectivity index (χ4n) is 1.46. The number of nitrogens with zero attached hydrogens (tertiary/aromatic N) is 2. The SMILES string of the molecule is CNCCN(C)C(=O)N[C@H](Cc1cnc[nH]1)C(=O)O. The Morgan fingerprint density at radius 3 is 2.84 bits per heavy atom. The highest BCUT2D eigenvalue weighted by Gasteiger charge is 2.22. The summed E-state index contributed by atoms with van der Waals surface area (Å²) in [5.41, 5.74) is 0.658. The second-order valence-electron chi connectivity index (χ2n) is 4.15. The highest BCUT2D eigenvalue weighted by atomic mass is 16.4. The molecule has 106 valence electrons. The van der Waals surface area contributed by atoms with Crippen molar-refractivity contribution in [3.05, 3.63) is 18.2 Å². The van der Waals surface area contributed by atoms with Gasteiger partial charge in [0.1, 0.15) is 6.04 Å². The van der Waals surface area contributed by atoms with Gasteiger partial charge < -0.3 is 25.6 Å². The number of aromatic nitrogens is 2. The minimum absolute atomic E-state index is 0.168. The molecule has 0 unspecified atom stereocenters. The van der Waals surface area contributed by atoms with Crippen LogP contribution < -0.4 is 10.6 Å². The summed E-state index contributed by atoms with van der Waals surface area (Å²) in [5, 5.41) is 14.5. The van der Waals surface area contributed by atoms with Crippen LogP contribution in [0.25, 0.3) is 0 Å². The van der Waals surface area contributed by atoms with Crippen molar-refractivity contribution < 1.29 is 14.7 Å². The molecule has 0 spiro atoms. The molecular weight excluding hydrogens is 250 g/mol. The third-order valence-electron chi connectivity index (χ3n) is 2.62. The summed E-state index contributed by atoms with van der Waals surface area (Å²) in [7, 11) is 3.39. The molecule has 1 heterocycles. The number of carbonyl (C=O) groups is 2. The van der Waals surface area contributed by atoms with E-state index in [9.17, 15) is 9.59 Å². The molecule has 0 aromatic carbocycles. The van der Waals surface area contributed by atoms with Crippen molar-refractivity contribution in [2.24, 2.45) is 0 Å². The molecule has 1 atom stereocenters. The number of carbonyl (C=O) groups excluding carboxylic acids is 1. The van der Waals surface area contributed by atoms with Gasteiger partial charge in [0, 0.05) is 38.4 Å². The van der Waals surface area contributed by atoms with E-state index in [0.29, 0.717) is 18.8 Å². The van der Waals surface area contributed by atoms with Crippen molar-refractivity contribution in [1.82, 2.24) is 25.5 Å². The van der Waals surface area contributed by atoms with Crippen molar-refractivity contribution in [2.45, 2.75) is 12.5 Å². The number of aliphatic carboxylic acids is 1. The van der Waals surface area contributed by atoms with Crippen molar-refractivity contribution in [2.75, 3.05) is 27.2 Å². The number of hydrogen-bond acceptors (Lipinski definition) is 4. The third kappa shape index (κ3) is 4.96. The first-order valence-corrected chi connectivity index (χ1v) is 5.91. The standard InChI is InChI=1S/C11H19N5O3/c1-12-3-4-16(2)11(19)15-9(10(17)18)5-8-6-13-7-14-8/h6-7,9,12H,3-5H2,1-2H3,(H,13,14)(H,15,19)(H,17,18)/t9-/m1/s1. The molecule has 1 aromatic heterocycles. The zero-order chi connectivity index (χ0) is 14.3. The summed E-state index contributed by atoms with van der Waals surface area (Å²) >= 11 is 0. The van der Waals surface area contributed by atoms with Crippen LogP contribution in [-0.4, -0.2) is 65.2 Å². The van der Waals surface area contributed by atoms with E-state index in [4.69, 9.17) is 5.11 Å². The third-order valence-corrected chi connectivity index (χ3v) is 2.62. The van der Waals surface area contributed by atoms with Crippen LogP contribution in [0.3, 0.4) is 0 Å². The lowest BCUT2D eigenvalue weighted by atomic mass is 10.1. The molecular formula is C11H19N5O3. The number of aromatic amines is 1. The Morgan fingerprint density at radius 1 is 1.58 bits per heavy atom. The molecule has 19 heavy (non-hydrogen) atoms. The normalized spacial score (nSPS) is 11.9. The summed E-state index contributed by atoms with van der Waals surface area (Å²) in [5.74, 6) is -1.08. The fourth-order valence-corrected chi connectivity index (χ4v) is 1.46. The van der Waals surface area contributed by atoms with E-state index in [1.54, 1.807) is 14.1 Å². The van der Waals surface area contributed by atoms with Crippen molar-refractivity contribution in [3.63, 3.8) is 0 Å². The highest BCUT2D eigenvalue weighted by Crippen LogP contribution is 1.99. The second kappa shape index (κ2) is 7.37. The minimum atomic E-state index is -1.08. The van der Waals surface area contributed by atoms with Crippen molar-refractivity contribution in [1.29, 1.82) is 0 Å². The summed E-state index contributed by atoms with van der Waals surface area (Å²) in [6, 6.07) is -1.40. The number of imidazole rings is 1. The van der Waals surface area contributed by atoms with Gasteiger partial charge >= 0.3 is 12.0 Å². The summed E-state index contributed by atoms with van der Waals surface area (Å²) in [6.45, 7) is 1.14. The maximum absolute atomic E-state index is 11.8. The average Bonchev–Trinajstić information content (AvgIpc) is 2.87.